The molecule has 7 heteroatoms. The number of imidazole rings is 1. The third kappa shape index (κ3) is 1.85. The summed E-state index contributed by atoms with van der Waals surface area (Å²) in [6.07, 6.45) is 1.65. The molecule has 0 amide bonds. The number of rotatable bonds is 2. The fourth-order valence-corrected chi connectivity index (χ4v) is 1.92. The summed E-state index contributed by atoms with van der Waals surface area (Å²) in [5.74, 6) is 0.408. The SMILES string of the molecule is NCc1ccc(-n2cnc3c(N)nc(N)nc32)cc1. The van der Waals surface area contributed by atoms with E-state index in [0.29, 0.717) is 17.7 Å². The van der Waals surface area contributed by atoms with Crippen molar-refractivity contribution in [3.05, 3.63) is 36.2 Å². The van der Waals surface area contributed by atoms with E-state index in [1.807, 2.05) is 28.8 Å². The van der Waals surface area contributed by atoms with Gasteiger partial charge in [0, 0.05) is 12.2 Å². The van der Waals surface area contributed by atoms with Gasteiger partial charge >= 0.3 is 0 Å². The molecule has 3 rings (SSSR count). The van der Waals surface area contributed by atoms with Crippen molar-refractivity contribution >= 4 is 22.9 Å². The van der Waals surface area contributed by atoms with Gasteiger partial charge in [0.2, 0.25) is 5.95 Å². The molecular formula is C12H13N7. The molecule has 0 spiro atoms. The van der Waals surface area contributed by atoms with Gasteiger partial charge in [0.05, 0.1) is 0 Å². The van der Waals surface area contributed by atoms with Crippen LogP contribution in [-0.4, -0.2) is 19.5 Å². The van der Waals surface area contributed by atoms with E-state index in [1.54, 1.807) is 6.33 Å². The van der Waals surface area contributed by atoms with Gasteiger partial charge in [0.1, 0.15) is 6.33 Å². The monoisotopic (exact) mass is 255 g/mol. The van der Waals surface area contributed by atoms with Crippen LogP contribution in [0, 0.1) is 0 Å². The lowest BCUT2D eigenvalue weighted by Crippen LogP contribution is -2.02. The van der Waals surface area contributed by atoms with Crippen molar-refractivity contribution in [1.82, 2.24) is 19.5 Å². The molecule has 0 saturated carbocycles. The molecule has 96 valence electrons. The average molecular weight is 255 g/mol. The molecule has 0 saturated heterocycles. The highest BCUT2D eigenvalue weighted by Gasteiger charge is 2.10. The molecule has 0 aliphatic heterocycles. The standard InChI is InChI=1S/C12H13N7/c13-5-7-1-3-8(4-2-7)19-6-16-9-10(14)17-12(15)18-11(9)19/h1-4,6H,5,13H2,(H4,14,15,17,18). The second kappa shape index (κ2) is 4.21. The molecule has 0 radical (unpaired) electrons. The van der Waals surface area contributed by atoms with Crippen molar-refractivity contribution in [2.45, 2.75) is 6.54 Å². The number of hydrogen-bond donors (Lipinski definition) is 3. The van der Waals surface area contributed by atoms with Gasteiger partial charge < -0.3 is 17.2 Å². The Morgan fingerprint density at radius 2 is 1.79 bits per heavy atom. The van der Waals surface area contributed by atoms with E-state index >= 15 is 0 Å². The zero-order valence-electron chi connectivity index (χ0n) is 10.1. The topological polar surface area (TPSA) is 122 Å². The maximum Gasteiger partial charge on any atom is 0.224 e. The smallest absolute Gasteiger partial charge is 0.224 e. The van der Waals surface area contributed by atoms with E-state index in [-0.39, 0.29) is 11.8 Å². The van der Waals surface area contributed by atoms with Gasteiger partial charge in [-0.05, 0) is 17.7 Å². The maximum absolute atomic E-state index is 5.77. The first-order valence-corrected chi connectivity index (χ1v) is 5.74. The second-order valence-electron chi connectivity index (χ2n) is 4.12. The van der Waals surface area contributed by atoms with Gasteiger partial charge in [0.15, 0.2) is 17.0 Å². The number of fused-ring (bicyclic) bond motifs is 1. The van der Waals surface area contributed by atoms with Crippen molar-refractivity contribution in [2.75, 3.05) is 11.5 Å². The fourth-order valence-electron chi connectivity index (χ4n) is 1.92. The van der Waals surface area contributed by atoms with E-state index in [1.165, 1.54) is 0 Å². The number of aromatic nitrogens is 4. The molecule has 2 heterocycles. The van der Waals surface area contributed by atoms with Gasteiger partial charge in [0.25, 0.3) is 0 Å². The number of anilines is 2. The quantitative estimate of drug-likeness (QED) is 0.610. The molecule has 6 N–H and O–H groups in total. The van der Waals surface area contributed by atoms with Crippen LogP contribution < -0.4 is 17.2 Å². The summed E-state index contributed by atoms with van der Waals surface area (Å²) in [6.45, 7) is 0.507. The van der Waals surface area contributed by atoms with Crippen LogP contribution in [0.3, 0.4) is 0 Å². The van der Waals surface area contributed by atoms with Crippen molar-refractivity contribution in [1.29, 1.82) is 0 Å². The summed E-state index contributed by atoms with van der Waals surface area (Å²) in [4.78, 5) is 12.3. The van der Waals surface area contributed by atoms with Crippen LogP contribution >= 0.6 is 0 Å². The van der Waals surface area contributed by atoms with Gasteiger partial charge in [-0.1, -0.05) is 12.1 Å². The highest BCUT2D eigenvalue weighted by Crippen LogP contribution is 2.20. The fraction of sp³-hybridized carbons (Fsp3) is 0.0833. The summed E-state index contributed by atoms with van der Waals surface area (Å²) >= 11 is 0. The predicted octanol–water partition coefficient (Wildman–Crippen LogP) is 0.439. The lowest BCUT2D eigenvalue weighted by atomic mass is 10.2. The third-order valence-corrected chi connectivity index (χ3v) is 2.89. The van der Waals surface area contributed by atoms with E-state index in [9.17, 15) is 0 Å². The highest BCUT2D eigenvalue weighted by atomic mass is 15.2. The molecule has 19 heavy (non-hydrogen) atoms. The van der Waals surface area contributed by atoms with Gasteiger partial charge in [-0.2, -0.15) is 9.97 Å². The lowest BCUT2D eigenvalue weighted by Gasteiger charge is -2.05. The first-order valence-electron chi connectivity index (χ1n) is 5.74. The minimum absolute atomic E-state index is 0.130. The van der Waals surface area contributed by atoms with Crippen molar-refractivity contribution in [3.63, 3.8) is 0 Å². The summed E-state index contributed by atoms with van der Waals surface area (Å²) < 4.78 is 1.81. The Bertz CT molecular complexity index is 730. The lowest BCUT2D eigenvalue weighted by molar-refractivity contribution is 1.04. The number of nitrogen functional groups attached to an aromatic ring is 2. The minimum atomic E-state index is 0.130. The van der Waals surface area contributed by atoms with Crippen LogP contribution in [0.2, 0.25) is 0 Å². The van der Waals surface area contributed by atoms with Crippen molar-refractivity contribution < 1.29 is 0 Å². The Hall–Kier alpha value is -2.67. The molecule has 0 aliphatic carbocycles. The van der Waals surface area contributed by atoms with E-state index in [2.05, 4.69) is 15.0 Å². The van der Waals surface area contributed by atoms with Gasteiger partial charge in [-0.3, -0.25) is 4.57 Å². The van der Waals surface area contributed by atoms with Gasteiger partial charge in [-0.15, -0.1) is 0 Å². The number of benzene rings is 1. The first-order chi connectivity index (χ1) is 9.19. The van der Waals surface area contributed by atoms with Crippen LogP contribution in [0.5, 0.6) is 0 Å². The minimum Gasteiger partial charge on any atom is -0.382 e. The summed E-state index contributed by atoms with van der Waals surface area (Å²) in [6, 6.07) is 7.79. The van der Waals surface area contributed by atoms with Crippen LogP contribution in [0.15, 0.2) is 30.6 Å². The van der Waals surface area contributed by atoms with Crippen LogP contribution in [0.25, 0.3) is 16.9 Å². The molecule has 0 fully saturated rings. The maximum atomic E-state index is 5.77. The molecular weight excluding hydrogens is 242 g/mol. The summed E-state index contributed by atoms with van der Waals surface area (Å²) in [7, 11) is 0. The van der Waals surface area contributed by atoms with E-state index in [4.69, 9.17) is 17.2 Å². The number of nitrogens with zero attached hydrogens (tertiary/aromatic N) is 4. The van der Waals surface area contributed by atoms with Crippen molar-refractivity contribution in [3.8, 4) is 5.69 Å². The van der Waals surface area contributed by atoms with E-state index < -0.39 is 0 Å². The number of hydrogen-bond acceptors (Lipinski definition) is 6. The van der Waals surface area contributed by atoms with Crippen LogP contribution in [0.4, 0.5) is 11.8 Å². The van der Waals surface area contributed by atoms with Gasteiger partial charge in [-0.25, -0.2) is 4.98 Å². The normalized spacial score (nSPS) is 11.0. The van der Waals surface area contributed by atoms with Crippen LogP contribution in [-0.2, 0) is 6.54 Å². The largest absolute Gasteiger partial charge is 0.382 e. The zero-order valence-corrected chi connectivity index (χ0v) is 10.1. The molecule has 0 bridgehead atoms. The number of nitrogens with two attached hydrogens (primary N) is 3. The molecule has 7 nitrogen and oxygen atoms in total. The second-order valence-corrected chi connectivity index (χ2v) is 4.12. The Labute approximate surface area is 109 Å². The molecule has 2 aromatic heterocycles. The molecule has 0 atom stereocenters. The first kappa shape index (κ1) is 11.4. The molecule has 0 unspecified atom stereocenters. The highest BCUT2D eigenvalue weighted by molar-refractivity contribution is 5.83. The van der Waals surface area contributed by atoms with Crippen LogP contribution in [0.1, 0.15) is 5.56 Å². The third-order valence-electron chi connectivity index (χ3n) is 2.89. The Kier molecular flexibility index (Phi) is 2.53. The summed E-state index contributed by atoms with van der Waals surface area (Å²) in [5, 5.41) is 0. The Balaban J connectivity index is 2.19. The predicted molar refractivity (Wildman–Crippen MR) is 73.4 cm³/mol. The molecule has 1 aromatic carbocycles. The zero-order chi connectivity index (χ0) is 13.4. The molecule has 3 aromatic rings. The van der Waals surface area contributed by atoms with Crippen molar-refractivity contribution in [2.24, 2.45) is 5.73 Å². The van der Waals surface area contributed by atoms with E-state index in [0.717, 1.165) is 11.3 Å². The Morgan fingerprint density at radius 1 is 1.05 bits per heavy atom. The summed E-state index contributed by atoms with van der Waals surface area (Å²) in [5.41, 5.74) is 20.1. The molecule has 0 aliphatic rings. The average Bonchev–Trinajstić information content (AvgIpc) is 2.83. The Morgan fingerprint density at radius 3 is 2.47 bits per heavy atom.